The third-order valence-corrected chi connectivity index (χ3v) is 4.15. The second kappa shape index (κ2) is 22.8. The molecule has 0 atom stereocenters. The Morgan fingerprint density at radius 2 is 1.19 bits per heavy atom. The van der Waals surface area contributed by atoms with Crippen molar-refractivity contribution in [1.29, 1.82) is 0 Å². The molecule has 0 saturated heterocycles. The fourth-order valence-corrected chi connectivity index (χ4v) is 2.51. The first-order valence-corrected chi connectivity index (χ1v) is 11.2. The van der Waals surface area contributed by atoms with Crippen LogP contribution in [0.25, 0.3) is 0 Å². The summed E-state index contributed by atoms with van der Waals surface area (Å²) in [4.78, 5) is 0. The Kier molecular flexibility index (Phi) is 30.7. The first kappa shape index (κ1) is 35.0. The van der Waals surface area contributed by atoms with E-state index in [2.05, 4.69) is 17.7 Å². The van der Waals surface area contributed by atoms with Crippen molar-refractivity contribution in [2.45, 2.75) is 71.1 Å². The van der Waals surface area contributed by atoms with Crippen molar-refractivity contribution in [3.8, 4) is 0 Å². The fourth-order valence-electron chi connectivity index (χ4n) is 1.89. The van der Waals surface area contributed by atoms with Gasteiger partial charge in [0.25, 0.3) is 0 Å². The van der Waals surface area contributed by atoms with Gasteiger partial charge in [0.1, 0.15) is 0 Å². The molecule has 0 unspecified atom stereocenters. The van der Waals surface area contributed by atoms with Gasteiger partial charge in [-0.3, -0.25) is 4.18 Å². The average Bonchev–Trinajstić information content (AvgIpc) is 2.43. The Labute approximate surface area is 204 Å². The van der Waals surface area contributed by atoms with Gasteiger partial charge in [-0.1, -0.05) is 70.8 Å². The van der Waals surface area contributed by atoms with Crippen molar-refractivity contribution in [2.75, 3.05) is 12.4 Å². The molecule has 0 aliphatic carbocycles. The van der Waals surface area contributed by atoms with Crippen LogP contribution in [0.15, 0.2) is 12.7 Å². The maximum atomic E-state index is 10.1. The Balaban J connectivity index is -0.000000230. The molecule has 0 rings (SSSR count). The van der Waals surface area contributed by atoms with Gasteiger partial charge in [0.15, 0.2) is 0 Å². The second-order valence-electron chi connectivity index (χ2n) is 5.43. The zero-order valence-electron chi connectivity index (χ0n) is 16.4. The molecule has 7 nitrogen and oxygen atoms in total. The summed E-state index contributed by atoms with van der Waals surface area (Å²) in [5, 5.41) is 0. The van der Waals surface area contributed by atoms with Gasteiger partial charge in [-0.15, -0.1) is 6.58 Å². The third kappa shape index (κ3) is 40.3. The van der Waals surface area contributed by atoms with Crippen LogP contribution in [0.5, 0.6) is 0 Å². The van der Waals surface area contributed by atoms with Gasteiger partial charge in [-0.2, -0.15) is 0 Å². The van der Waals surface area contributed by atoms with Crippen LogP contribution in [-0.2, 0) is 24.7 Å². The van der Waals surface area contributed by atoms with Crippen LogP contribution in [0.4, 0.5) is 0 Å². The maximum Gasteiger partial charge on any atom is 1.00 e. The summed E-state index contributed by atoms with van der Waals surface area (Å²) >= 11 is 0. The first-order chi connectivity index (χ1) is 11.1. The van der Waals surface area contributed by atoms with E-state index in [1.807, 2.05) is 0 Å². The standard InChI is InChI=1S/C12H26O4S.C3H6O3S.2Na/c1-2-3-4-5-6-7-8-9-10-11-12-16-17(13,14)15;1-2-3-7(4,5)6;;/h2-12H2,1H3,(H,13,14,15);2H,1,3H2,(H,4,5,6);;/q;;2*+1/p-2. The number of hydrogen-bond donors (Lipinski definition) is 0. The van der Waals surface area contributed by atoms with Crippen LogP contribution < -0.4 is 59.1 Å². The minimum atomic E-state index is -4.48. The predicted octanol–water partition coefficient (Wildman–Crippen LogP) is -2.89. The summed E-state index contributed by atoms with van der Waals surface area (Å²) in [7, 11) is -8.53. The molecule has 0 aliphatic rings. The molecular weight excluding hydrogens is 402 g/mol. The van der Waals surface area contributed by atoms with Crippen molar-refractivity contribution >= 4 is 20.5 Å². The van der Waals surface area contributed by atoms with E-state index in [4.69, 9.17) is 0 Å². The normalized spacial score (nSPS) is 10.7. The molecule has 0 aromatic rings. The van der Waals surface area contributed by atoms with E-state index < -0.39 is 26.3 Å². The van der Waals surface area contributed by atoms with Gasteiger partial charge in [0, 0.05) is 0 Å². The van der Waals surface area contributed by atoms with Crippen LogP contribution in [0.3, 0.4) is 0 Å². The molecule has 146 valence electrons. The Morgan fingerprint density at radius 3 is 1.46 bits per heavy atom. The maximum absolute atomic E-state index is 10.1. The fraction of sp³-hybridized carbons (Fsp3) is 0.867. The van der Waals surface area contributed by atoms with Crippen molar-refractivity contribution < 1.29 is 89.2 Å². The van der Waals surface area contributed by atoms with Crippen LogP contribution in [0, 0.1) is 0 Å². The molecule has 0 amide bonds. The molecule has 11 heteroatoms. The summed E-state index contributed by atoms with van der Waals surface area (Å²) in [5.74, 6) is -0.479. The molecule has 0 N–H and O–H groups in total. The molecule has 0 aromatic heterocycles. The minimum absolute atomic E-state index is 0. The van der Waals surface area contributed by atoms with Crippen LogP contribution >= 0.6 is 0 Å². The van der Waals surface area contributed by atoms with Gasteiger partial charge >= 0.3 is 59.1 Å². The van der Waals surface area contributed by atoms with Gasteiger partial charge in [-0.25, -0.2) is 16.8 Å². The van der Waals surface area contributed by atoms with E-state index in [0.29, 0.717) is 6.42 Å². The van der Waals surface area contributed by atoms with Gasteiger partial charge in [-0.05, 0) is 6.42 Å². The van der Waals surface area contributed by atoms with Gasteiger partial charge < -0.3 is 9.11 Å². The molecule has 0 aliphatic heterocycles. The van der Waals surface area contributed by atoms with E-state index >= 15 is 0 Å². The topological polar surface area (TPSA) is 124 Å². The van der Waals surface area contributed by atoms with Crippen LogP contribution in [0.1, 0.15) is 71.1 Å². The average molecular weight is 433 g/mol. The molecule has 0 bridgehead atoms. The second-order valence-corrected chi connectivity index (χ2v) is 7.93. The van der Waals surface area contributed by atoms with E-state index in [9.17, 15) is 25.9 Å². The number of hydrogen-bond acceptors (Lipinski definition) is 7. The quantitative estimate of drug-likeness (QED) is 0.0949. The molecule has 0 saturated carbocycles. The van der Waals surface area contributed by atoms with Crippen LogP contribution in [-0.4, -0.2) is 38.3 Å². The van der Waals surface area contributed by atoms with Crippen molar-refractivity contribution in [3.63, 3.8) is 0 Å². The summed E-state index contributed by atoms with van der Waals surface area (Å²) < 4.78 is 63.3. The largest absolute Gasteiger partial charge is 1.00 e. The van der Waals surface area contributed by atoms with Crippen LogP contribution in [0.2, 0.25) is 0 Å². The Hall–Kier alpha value is 1.52. The molecule has 0 radical (unpaired) electrons. The van der Waals surface area contributed by atoms with Gasteiger partial charge in [0.2, 0.25) is 10.4 Å². The minimum Gasteiger partial charge on any atom is -0.748 e. The SMILES string of the molecule is C=CCS(=O)(=O)[O-].CCCCCCCCCCCCOS(=O)(=O)[O-].[Na+].[Na+]. The third-order valence-electron chi connectivity index (χ3n) is 3.05. The van der Waals surface area contributed by atoms with Crippen molar-refractivity contribution in [1.82, 2.24) is 0 Å². The summed E-state index contributed by atoms with van der Waals surface area (Å²) in [6.07, 6.45) is 12.8. The Bertz CT molecular complexity index is 494. The van der Waals surface area contributed by atoms with E-state index in [1.54, 1.807) is 0 Å². The summed E-state index contributed by atoms with van der Waals surface area (Å²) in [6, 6.07) is 0. The summed E-state index contributed by atoms with van der Waals surface area (Å²) in [6.45, 7) is 5.31. The smallest absolute Gasteiger partial charge is 0.748 e. The molecule has 0 fully saturated rings. The van der Waals surface area contributed by atoms with E-state index in [-0.39, 0.29) is 65.7 Å². The number of rotatable bonds is 14. The van der Waals surface area contributed by atoms with E-state index in [1.165, 1.54) is 44.9 Å². The van der Waals surface area contributed by atoms with Gasteiger partial charge in [0.05, 0.1) is 22.5 Å². The molecule has 26 heavy (non-hydrogen) atoms. The first-order valence-electron chi connectivity index (χ1n) is 8.27. The Morgan fingerprint density at radius 1 is 0.808 bits per heavy atom. The molecule has 0 aromatic carbocycles. The van der Waals surface area contributed by atoms with Crippen molar-refractivity contribution in [3.05, 3.63) is 12.7 Å². The molecule has 0 heterocycles. The zero-order valence-corrected chi connectivity index (χ0v) is 22.1. The summed E-state index contributed by atoms with van der Waals surface area (Å²) in [5.41, 5.74) is 0. The van der Waals surface area contributed by atoms with Crippen molar-refractivity contribution in [2.24, 2.45) is 0 Å². The molecular formula is C15H30Na2O7S2. The zero-order chi connectivity index (χ0) is 18.9. The molecule has 0 spiro atoms. The number of unbranched alkanes of at least 4 members (excludes halogenated alkanes) is 9. The predicted molar refractivity (Wildman–Crippen MR) is 92.3 cm³/mol. The van der Waals surface area contributed by atoms with E-state index in [0.717, 1.165) is 18.9 Å². The monoisotopic (exact) mass is 432 g/mol.